The van der Waals surface area contributed by atoms with Crippen molar-refractivity contribution in [1.82, 2.24) is 9.55 Å². The molecule has 0 aliphatic heterocycles. The van der Waals surface area contributed by atoms with Gasteiger partial charge < -0.3 is 5.32 Å². The average molecular weight is 336 g/mol. The lowest BCUT2D eigenvalue weighted by atomic mass is 10.1. The summed E-state index contributed by atoms with van der Waals surface area (Å²) in [5.41, 5.74) is 2.74. The molecule has 3 aromatic rings. The van der Waals surface area contributed by atoms with Gasteiger partial charge in [0.05, 0.1) is 23.1 Å². The highest BCUT2D eigenvalue weighted by molar-refractivity contribution is 5.78. The minimum absolute atomic E-state index is 0.000281. The summed E-state index contributed by atoms with van der Waals surface area (Å²) < 4.78 is 1.79. The topological polar surface area (TPSA) is 51.5 Å². The molecule has 1 aromatic heterocycles. The van der Waals surface area contributed by atoms with Crippen LogP contribution < -0.4 is 10.9 Å². The molecule has 2 N–H and O–H groups in total. The van der Waals surface area contributed by atoms with E-state index in [0.717, 1.165) is 29.1 Å². The summed E-state index contributed by atoms with van der Waals surface area (Å²) in [6, 6.07) is 15.7. The van der Waals surface area contributed by atoms with E-state index in [2.05, 4.69) is 26.1 Å². The smallest absolute Gasteiger partial charge is 0.266 e. The Hall–Kier alpha value is -2.46. The monoisotopic (exact) mass is 336 g/mol. The van der Waals surface area contributed by atoms with Crippen LogP contribution in [0.1, 0.15) is 38.2 Å². The third-order valence-electron chi connectivity index (χ3n) is 4.53. The number of benzene rings is 2. The van der Waals surface area contributed by atoms with Crippen molar-refractivity contribution in [1.29, 1.82) is 0 Å². The Morgan fingerprint density at radius 3 is 2.44 bits per heavy atom. The first-order valence-electron chi connectivity index (χ1n) is 8.90. The summed E-state index contributed by atoms with van der Waals surface area (Å²) in [5.74, 6) is 1.39. The number of quaternary nitrogens is 1. The van der Waals surface area contributed by atoms with Gasteiger partial charge in [0.25, 0.3) is 5.56 Å². The SMILES string of the molecule is Cc1ccccc1-n1c([C@H](C)[NH2+]CC(C)C)nc2ccccc2c1=O. The number of hydrogen-bond donors (Lipinski definition) is 1. The molecule has 0 spiro atoms. The summed E-state index contributed by atoms with van der Waals surface area (Å²) in [6.45, 7) is 9.55. The van der Waals surface area contributed by atoms with E-state index in [1.54, 1.807) is 4.57 Å². The number of aryl methyl sites for hydroxylation is 1. The lowest BCUT2D eigenvalue weighted by Gasteiger charge is -2.19. The Kier molecular flexibility index (Phi) is 5.00. The van der Waals surface area contributed by atoms with Crippen molar-refractivity contribution in [3.63, 3.8) is 0 Å². The Morgan fingerprint density at radius 2 is 1.72 bits per heavy atom. The molecule has 0 saturated carbocycles. The molecule has 0 radical (unpaired) electrons. The zero-order chi connectivity index (χ0) is 18.0. The fourth-order valence-electron chi connectivity index (χ4n) is 3.08. The van der Waals surface area contributed by atoms with E-state index in [1.165, 1.54) is 0 Å². The second-order valence-corrected chi connectivity index (χ2v) is 7.07. The fourth-order valence-corrected chi connectivity index (χ4v) is 3.08. The highest BCUT2D eigenvalue weighted by atomic mass is 16.1. The molecule has 0 amide bonds. The molecule has 3 rings (SSSR count). The van der Waals surface area contributed by atoms with Crippen molar-refractivity contribution in [2.45, 2.75) is 33.7 Å². The number of aromatic nitrogens is 2. The Balaban J connectivity index is 2.25. The molecule has 4 heteroatoms. The van der Waals surface area contributed by atoms with Crippen LogP contribution in [0, 0.1) is 12.8 Å². The summed E-state index contributed by atoms with van der Waals surface area (Å²) in [7, 11) is 0. The van der Waals surface area contributed by atoms with Gasteiger partial charge >= 0.3 is 0 Å². The minimum Gasteiger partial charge on any atom is -0.338 e. The van der Waals surface area contributed by atoms with Gasteiger partial charge in [-0.2, -0.15) is 0 Å². The maximum atomic E-state index is 13.3. The number of nitrogens with two attached hydrogens (primary N) is 1. The van der Waals surface area contributed by atoms with E-state index in [-0.39, 0.29) is 11.6 Å². The number of hydrogen-bond acceptors (Lipinski definition) is 2. The van der Waals surface area contributed by atoms with Crippen molar-refractivity contribution < 1.29 is 5.32 Å². The van der Waals surface area contributed by atoms with E-state index in [9.17, 15) is 4.79 Å². The van der Waals surface area contributed by atoms with Crippen LogP contribution in [0.3, 0.4) is 0 Å². The number of fused-ring (bicyclic) bond motifs is 1. The van der Waals surface area contributed by atoms with Crippen molar-refractivity contribution in [2.75, 3.05) is 6.54 Å². The standard InChI is InChI=1S/C21H25N3O/c1-14(2)13-22-16(4)20-23-18-11-7-6-10-17(18)21(25)24(20)19-12-8-5-9-15(19)3/h5-12,14,16,22H,13H2,1-4H3/p+1/t16-/m0/s1. The van der Waals surface area contributed by atoms with Gasteiger partial charge in [0.15, 0.2) is 5.82 Å². The van der Waals surface area contributed by atoms with Crippen molar-refractivity contribution >= 4 is 10.9 Å². The van der Waals surface area contributed by atoms with Gasteiger partial charge in [-0.3, -0.25) is 9.36 Å². The molecule has 1 atom stereocenters. The second kappa shape index (κ2) is 7.19. The van der Waals surface area contributed by atoms with Gasteiger partial charge in [0, 0.05) is 5.92 Å². The number of para-hydroxylation sites is 2. The van der Waals surface area contributed by atoms with Gasteiger partial charge in [0.1, 0.15) is 6.04 Å². The zero-order valence-electron chi connectivity index (χ0n) is 15.4. The summed E-state index contributed by atoms with van der Waals surface area (Å²) in [4.78, 5) is 18.1. The fraction of sp³-hybridized carbons (Fsp3) is 0.333. The molecule has 2 aromatic carbocycles. The van der Waals surface area contributed by atoms with Crippen LogP contribution in [0.5, 0.6) is 0 Å². The summed E-state index contributed by atoms with van der Waals surface area (Å²) in [5, 5.41) is 2.92. The first-order chi connectivity index (χ1) is 12.0. The van der Waals surface area contributed by atoms with E-state index in [4.69, 9.17) is 4.98 Å². The second-order valence-electron chi connectivity index (χ2n) is 7.07. The van der Waals surface area contributed by atoms with Crippen LogP contribution >= 0.6 is 0 Å². The van der Waals surface area contributed by atoms with Gasteiger partial charge in [-0.25, -0.2) is 4.98 Å². The van der Waals surface area contributed by atoms with Crippen LogP contribution in [-0.2, 0) is 0 Å². The maximum Gasteiger partial charge on any atom is 0.266 e. The molecule has 0 aliphatic carbocycles. The van der Waals surface area contributed by atoms with Crippen LogP contribution in [0.15, 0.2) is 53.3 Å². The minimum atomic E-state index is -0.000281. The lowest BCUT2D eigenvalue weighted by molar-refractivity contribution is -0.698. The predicted octanol–water partition coefficient (Wildman–Crippen LogP) is 2.97. The van der Waals surface area contributed by atoms with E-state index < -0.39 is 0 Å². The maximum absolute atomic E-state index is 13.3. The highest BCUT2D eigenvalue weighted by Gasteiger charge is 2.21. The molecule has 130 valence electrons. The van der Waals surface area contributed by atoms with Crippen molar-refractivity contribution in [3.05, 3.63) is 70.3 Å². The summed E-state index contributed by atoms with van der Waals surface area (Å²) in [6.07, 6.45) is 0. The van der Waals surface area contributed by atoms with Crippen molar-refractivity contribution in [2.24, 2.45) is 5.92 Å². The van der Waals surface area contributed by atoms with Crippen LogP contribution in [0.25, 0.3) is 16.6 Å². The first-order valence-corrected chi connectivity index (χ1v) is 8.90. The molecular formula is C21H26N3O+. The van der Waals surface area contributed by atoms with Crippen molar-refractivity contribution in [3.8, 4) is 5.69 Å². The molecule has 25 heavy (non-hydrogen) atoms. The van der Waals surface area contributed by atoms with E-state index in [1.807, 2.05) is 55.5 Å². The molecule has 0 bridgehead atoms. The predicted molar refractivity (Wildman–Crippen MR) is 102 cm³/mol. The van der Waals surface area contributed by atoms with Gasteiger partial charge in [-0.1, -0.05) is 44.2 Å². The molecule has 4 nitrogen and oxygen atoms in total. The quantitative estimate of drug-likeness (QED) is 0.779. The first kappa shape index (κ1) is 17.4. The molecular weight excluding hydrogens is 310 g/mol. The third kappa shape index (κ3) is 3.49. The molecule has 0 aliphatic rings. The number of rotatable bonds is 5. The normalized spacial score (nSPS) is 12.7. The zero-order valence-corrected chi connectivity index (χ0v) is 15.4. The molecule has 0 saturated heterocycles. The lowest BCUT2D eigenvalue weighted by Crippen LogP contribution is -2.86. The van der Waals surface area contributed by atoms with E-state index in [0.29, 0.717) is 11.3 Å². The van der Waals surface area contributed by atoms with Crippen LogP contribution in [0.4, 0.5) is 0 Å². The third-order valence-corrected chi connectivity index (χ3v) is 4.53. The Morgan fingerprint density at radius 1 is 1.04 bits per heavy atom. The Labute approximate surface area is 148 Å². The Bertz CT molecular complexity index is 943. The number of nitrogens with zero attached hydrogens (tertiary/aromatic N) is 2. The average Bonchev–Trinajstić information content (AvgIpc) is 2.60. The van der Waals surface area contributed by atoms with E-state index >= 15 is 0 Å². The van der Waals surface area contributed by atoms with Crippen LogP contribution in [0.2, 0.25) is 0 Å². The summed E-state index contributed by atoms with van der Waals surface area (Å²) >= 11 is 0. The highest BCUT2D eigenvalue weighted by Crippen LogP contribution is 2.18. The molecule has 1 heterocycles. The molecule has 0 fully saturated rings. The van der Waals surface area contributed by atoms with Crippen LogP contribution in [-0.4, -0.2) is 16.1 Å². The van der Waals surface area contributed by atoms with Gasteiger partial charge in [0.2, 0.25) is 0 Å². The largest absolute Gasteiger partial charge is 0.338 e. The van der Waals surface area contributed by atoms with Gasteiger partial charge in [-0.15, -0.1) is 0 Å². The molecule has 0 unspecified atom stereocenters. The van der Waals surface area contributed by atoms with Gasteiger partial charge in [-0.05, 0) is 37.6 Å².